The van der Waals surface area contributed by atoms with Gasteiger partial charge in [-0.25, -0.2) is 4.99 Å². The zero-order valence-corrected chi connectivity index (χ0v) is 17.0. The Labute approximate surface area is 167 Å². The van der Waals surface area contributed by atoms with Gasteiger partial charge in [0, 0.05) is 20.2 Å². The normalized spacial score (nSPS) is 11.2. The van der Waals surface area contributed by atoms with E-state index >= 15 is 0 Å². The van der Waals surface area contributed by atoms with Crippen molar-refractivity contribution < 1.29 is 14.2 Å². The van der Waals surface area contributed by atoms with Gasteiger partial charge in [0.05, 0.1) is 20.3 Å². The van der Waals surface area contributed by atoms with Gasteiger partial charge in [-0.15, -0.1) is 0 Å². The van der Waals surface area contributed by atoms with Gasteiger partial charge in [-0.3, -0.25) is 0 Å². The lowest BCUT2D eigenvalue weighted by atomic mass is 10.1. The Morgan fingerprint density at radius 2 is 1.75 bits per heavy atom. The summed E-state index contributed by atoms with van der Waals surface area (Å²) in [7, 11) is 3.36. The van der Waals surface area contributed by atoms with Crippen molar-refractivity contribution >= 4 is 5.96 Å². The number of benzene rings is 2. The van der Waals surface area contributed by atoms with Gasteiger partial charge >= 0.3 is 0 Å². The number of para-hydroxylation sites is 1. The van der Waals surface area contributed by atoms with Crippen LogP contribution in [0.4, 0.5) is 0 Å². The van der Waals surface area contributed by atoms with Crippen LogP contribution in [0.3, 0.4) is 0 Å². The second-order valence-corrected chi connectivity index (χ2v) is 6.17. The molecule has 0 amide bonds. The smallest absolute Gasteiger partial charge is 0.191 e. The van der Waals surface area contributed by atoms with E-state index in [9.17, 15) is 0 Å². The van der Waals surface area contributed by atoms with Crippen LogP contribution < -0.4 is 20.1 Å². The predicted molar refractivity (Wildman–Crippen MR) is 113 cm³/mol. The SMILES string of the molecule is CCNC(=NCc1ccc(OCCOC)cc1)NCCc1ccccc1OC. The van der Waals surface area contributed by atoms with Gasteiger partial charge in [0.2, 0.25) is 0 Å². The molecule has 6 nitrogen and oxygen atoms in total. The Kier molecular flexibility index (Phi) is 9.72. The standard InChI is InChI=1S/C22H31N3O3/c1-4-23-22(24-14-13-19-7-5-6-8-21(19)27-3)25-17-18-9-11-20(12-10-18)28-16-15-26-2/h5-12H,4,13-17H2,1-3H3,(H2,23,24,25). The van der Waals surface area contributed by atoms with Crippen molar-refractivity contribution in [3.63, 3.8) is 0 Å². The third kappa shape index (κ3) is 7.48. The third-order valence-electron chi connectivity index (χ3n) is 4.12. The molecule has 2 N–H and O–H groups in total. The van der Waals surface area contributed by atoms with Crippen LogP contribution in [0.25, 0.3) is 0 Å². The topological polar surface area (TPSA) is 64.1 Å². The summed E-state index contributed by atoms with van der Waals surface area (Å²) in [5.41, 5.74) is 2.30. The molecule has 0 aliphatic rings. The van der Waals surface area contributed by atoms with Crippen LogP contribution in [0.15, 0.2) is 53.5 Å². The molecule has 152 valence electrons. The monoisotopic (exact) mass is 385 g/mol. The summed E-state index contributed by atoms with van der Waals surface area (Å²) >= 11 is 0. The fraction of sp³-hybridized carbons (Fsp3) is 0.409. The lowest BCUT2D eigenvalue weighted by Crippen LogP contribution is -2.38. The second kappa shape index (κ2) is 12.6. The van der Waals surface area contributed by atoms with Crippen molar-refractivity contribution in [2.45, 2.75) is 19.9 Å². The first-order valence-corrected chi connectivity index (χ1v) is 9.61. The second-order valence-electron chi connectivity index (χ2n) is 6.17. The average molecular weight is 386 g/mol. The summed E-state index contributed by atoms with van der Waals surface area (Å²) in [4.78, 5) is 4.66. The van der Waals surface area contributed by atoms with E-state index in [1.807, 2.05) is 42.5 Å². The van der Waals surface area contributed by atoms with E-state index in [2.05, 4.69) is 28.6 Å². The number of guanidine groups is 1. The molecule has 0 bridgehead atoms. The highest BCUT2D eigenvalue weighted by Crippen LogP contribution is 2.17. The Bertz CT molecular complexity index is 717. The van der Waals surface area contributed by atoms with Crippen molar-refractivity contribution in [2.75, 3.05) is 40.5 Å². The highest BCUT2D eigenvalue weighted by Gasteiger charge is 2.03. The van der Waals surface area contributed by atoms with Crippen molar-refractivity contribution in [3.05, 3.63) is 59.7 Å². The summed E-state index contributed by atoms with van der Waals surface area (Å²) in [5.74, 6) is 2.56. The maximum Gasteiger partial charge on any atom is 0.191 e. The number of rotatable bonds is 11. The molecule has 0 spiro atoms. The first-order valence-electron chi connectivity index (χ1n) is 9.61. The maximum absolute atomic E-state index is 5.58. The van der Waals surface area contributed by atoms with E-state index in [0.29, 0.717) is 19.8 Å². The Hall–Kier alpha value is -2.73. The number of nitrogens with one attached hydrogen (secondary N) is 2. The molecule has 0 aliphatic carbocycles. The molecule has 28 heavy (non-hydrogen) atoms. The molecule has 0 fully saturated rings. The molecule has 6 heteroatoms. The van der Waals surface area contributed by atoms with Crippen LogP contribution in [0.2, 0.25) is 0 Å². The van der Waals surface area contributed by atoms with Crippen LogP contribution >= 0.6 is 0 Å². The maximum atomic E-state index is 5.58. The number of aliphatic imine (C=N–C) groups is 1. The molecular formula is C22H31N3O3. The average Bonchev–Trinajstić information content (AvgIpc) is 2.73. The van der Waals surface area contributed by atoms with Crippen LogP contribution in [0, 0.1) is 0 Å². The summed E-state index contributed by atoms with van der Waals surface area (Å²) in [6.07, 6.45) is 0.863. The molecule has 0 saturated heterocycles. The zero-order valence-electron chi connectivity index (χ0n) is 17.0. The van der Waals surface area contributed by atoms with Gasteiger partial charge in [-0.1, -0.05) is 30.3 Å². The highest BCUT2D eigenvalue weighted by molar-refractivity contribution is 5.79. The first kappa shape index (κ1) is 21.6. The van der Waals surface area contributed by atoms with Crippen LogP contribution in [0.5, 0.6) is 11.5 Å². The summed E-state index contributed by atoms with van der Waals surface area (Å²) < 4.78 is 16.0. The molecule has 0 aromatic heterocycles. The molecule has 0 aliphatic heterocycles. The van der Waals surface area contributed by atoms with E-state index in [1.54, 1.807) is 14.2 Å². The largest absolute Gasteiger partial charge is 0.496 e. The van der Waals surface area contributed by atoms with Crippen molar-refractivity contribution in [1.82, 2.24) is 10.6 Å². The molecule has 2 rings (SSSR count). The van der Waals surface area contributed by atoms with Gasteiger partial charge in [0.15, 0.2) is 5.96 Å². The van der Waals surface area contributed by atoms with Crippen LogP contribution in [0.1, 0.15) is 18.1 Å². The van der Waals surface area contributed by atoms with Crippen molar-refractivity contribution in [3.8, 4) is 11.5 Å². The fourth-order valence-corrected chi connectivity index (χ4v) is 2.67. The van der Waals surface area contributed by atoms with Crippen LogP contribution in [-0.4, -0.2) is 46.5 Å². The van der Waals surface area contributed by atoms with E-state index in [4.69, 9.17) is 14.2 Å². The summed E-state index contributed by atoms with van der Waals surface area (Å²) in [6, 6.07) is 16.1. The lowest BCUT2D eigenvalue weighted by molar-refractivity contribution is 0.146. The molecule has 0 saturated carbocycles. The van der Waals surface area contributed by atoms with E-state index < -0.39 is 0 Å². The fourth-order valence-electron chi connectivity index (χ4n) is 2.67. The van der Waals surface area contributed by atoms with E-state index in [0.717, 1.165) is 42.5 Å². The highest BCUT2D eigenvalue weighted by atomic mass is 16.5. The van der Waals surface area contributed by atoms with Gasteiger partial charge < -0.3 is 24.8 Å². The number of hydrogen-bond acceptors (Lipinski definition) is 4. The van der Waals surface area contributed by atoms with Gasteiger partial charge in [-0.05, 0) is 42.7 Å². The zero-order chi connectivity index (χ0) is 20.0. The minimum atomic E-state index is 0.550. The molecule has 0 atom stereocenters. The van der Waals surface area contributed by atoms with Gasteiger partial charge in [0.25, 0.3) is 0 Å². The third-order valence-corrected chi connectivity index (χ3v) is 4.12. The number of nitrogens with zero attached hydrogens (tertiary/aromatic N) is 1. The lowest BCUT2D eigenvalue weighted by Gasteiger charge is -2.13. The molecule has 0 heterocycles. The van der Waals surface area contributed by atoms with Gasteiger partial charge in [0.1, 0.15) is 18.1 Å². The predicted octanol–water partition coefficient (Wildman–Crippen LogP) is 3.02. The number of ether oxygens (including phenoxy) is 3. The Morgan fingerprint density at radius 1 is 0.964 bits per heavy atom. The Morgan fingerprint density at radius 3 is 2.46 bits per heavy atom. The van der Waals surface area contributed by atoms with Crippen molar-refractivity contribution in [1.29, 1.82) is 0 Å². The molecular weight excluding hydrogens is 354 g/mol. The first-order chi connectivity index (χ1) is 13.8. The van der Waals surface area contributed by atoms with Crippen LogP contribution in [-0.2, 0) is 17.7 Å². The quantitative estimate of drug-likeness (QED) is 0.354. The number of methoxy groups -OCH3 is 2. The van der Waals surface area contributed by atoms with Gasteiger partial charge in [-0.2, -0.15) is 0 Å². The Balaban J connectivity index is 1.85. The van der Waals surface area contributed by atoms with E-state index in [1.165, 1.54) is 5.56 Å². The minimum Gasteiger partial charge on any atom is -0.496 e. The summed E-state index contributed by atoms with van der Waals surface area (Å²) in [6.45, 7) is 5.38. The van der Waals surface area contributed by atoms with E-state index in [-0.39, 0.29) is 0 Å². The minimum absolute atomic E-state index is 0.550. The molecule has 2 aromatic carbocycles. The van der Waals surface area contributed by atoms with Crippen molar-refractivity contribution in [2.24, 2.45) is 4.99 Å². The molecule has 0 radical (unpaired) electrons. The molecule has 2 aromatic rings. The molecule has 0 unspecified atom stereocenters. The summed E-state index contributed by atoms with van der Waals surface area (Å²) in [5, 5.41) is 6.66. The number of hydrogen-bond donors (Lipinski definition) is 2.